The molecule has 4 atom stereocenters. The van der Waals surface area contributed by atoms with Gasteiger partial charge in [-0.1, -0.05) is 111 Å². The second kappa shape index (κ2) is 29.5. The van der Waals surface area contributed by atoms with Gasteiger partial charge in [-0.3, -0.25) is 19.2 Å². The molecule has 0 aromatic heterocycles. The fourth-order valence-electron chi connectivity index (χ4n) is 11.7. The van der Waals surface area contributed by atoms with Gasteiger partial charge in [0.25, 0.3) is 0 Å². The number of ether oxygens (including phenoxy) is 11. The van der Waals surface area contributed by atoms with Crippen molar-refractivity contribution in [3.63, 3.8) is 0 Å². The van der Waals surface area contributed by atoms with Crippen LogP contribution in [0.1, 0.15) is 96.9 Å². The van der Waals surface area contributed by atoms with Crippen LogP contribution in [-0.2, 0) is 67.3 Å². The zero-order chi connectivity index (χ0) is 65.8. The Morgan fingerprint density at radius 3 is 1.15 bits per heavy atom. The number of carbonyl (C=O) groups excluding carboxylic acids is 4. The first kappa shape index (κ1) is 65.9. The Balaban J connectivity index is 0.723. The molecule has 17 heteroatoms. The molecule has 2 heterocycles. The average molecular weight is 1260 g/mol. The number of benzene rings is 8. The summed E-state index contributed by atoms with van der Waals surface area (Å²) in [4.78, 5) is 57.3. The maximum absolute atomic E-state index is 13.4. The summed E-state index contributed by atoms with van der Waals surface area (Å²) in [6.45, 7) is 3.50. The van der Waals surface area contributed by atoms with Gasteiger partial charge in [-0.2, -0.15) is 0 Å². The third-order valence-corrected chi connectivity index (χ3v) is 16.9. The minimum Gasteiger partial charge on any atom is -0.497 e. The largest absolute Gasteiger partial charge is 0.497 e. The molecule has 2 aliphatic rings. The second-order valence-corrected chi connectivity index (χ2v) is 23.3. The highest BCUT2D eigenvalue weighted by Gasteiger charge is 2.41. The van der Waals surface area contributed by atoms with Gasteiger partial charge in [0.1, 0.15) is 59.9 Å². The molecule has 2 aliphatic heterocycles. The van der Waals surface area contributed by atoms with Crippen LogP contribution in [-0.4, -0.2) is 106 Å². The van der Waals surface area contributed by atoms with Crippen molar-refractivity contribution in [2.45, 2.75) is 89.0 Å². The summed E-state index contributed by atoms with van der Waals surface area (Å²) in [6.07, 6.45) is 6.71. The quantitative estimate of drug-likeness (QED) is 0.0334. The lowest BCUT2D eigenvalue weighted by Crippen LogP contribution is -2.34. The van der Waals surface area contributed by atoms with Crippen LogP contribution in [0.15, 0.2) is 158 Å². The lowest BCUT2D eigenvalue weighted by atomic mass is 9.82. The predicted octanol–water partition coefficient (Wildman–Crippen LogP) is 13.9. The first-order valence-electron chi connectivity index (χ1n) is 31.2. The van der Waals surface area contributed by atoms with Gasteiger partial charge >= 0.3 is 23.9 Å². The molecule has 0 N–H and O–H groups in total. The fourth-order valence-corrected chi connectivity index (χ4v) is 11.7. The zero-order valence-electron chi connectivity index (χ0n) is 54.4. The van der Waals surface area contributed by atoms with Crippen molar-refractivity contribution in [2.24, 2.45) is 0 Å². The molecule has 17 nitrogen and oxygen atoms in total. The summed E-state index contributed by atoms with van der Waals surface area (Å²) >= 11 is 0. The summed E-state index contributed by atoms with van der Waals surface area (Å²) < 4.78 is 66.8. The second-order valence-electron chi connectivity index (χ2n) is 23.3. The number of carbonyl (C=O) groups is 4. The van der Waals surface area contributed by atoms with Gasteiger partial charge in [0, 0.05) is 118 Å². The minimum atomic E-state index is -1.03. The van der Waals surface area contributed by atoms with E-state index in [4.69, 9.17) is 52.1 Å². The highest BCUT2D eigenvalue weighted by atomic mass is 16.6. The zero-order valence-corrected chi connectivity index (χ0v) is 54.4. The molecular weight excluding hydrogens is 1180 g/mol. The van der Waals surface area contributed by atoms with Gasteiger partial charge < -0.3 is 61.9 Å². The lowest BCUT2D eigenvalue weighted by molar-refractivity contribution is -0.160. The Morgan fingerprint density at radius 1 is 0.441 bits per heavy atom. The monoisotopic (exact) mass is 1260 g/mol. The Bertz CT molecular complexity index is 3780. The highest BCUT2D eigenvalue weighted by Crippen LogP contribution is 2.51. The maximum atomic E-state index is 13.4. The highest BCUT2D eigenvalue weighted by molar-refractivity contribution is 6.00. The van der Waals surface area contributed by atoms with Crippen molar-refractivity contribution in [1.29, 1.82) is 0 Å². The van der Waals surface area contributed by atoms with Crippen LogP contribution < -0.4 is 38.2 Å². The van der Waals surface area contributed by atoms with E-state index < -0.39 is 47.3 Å². The average Bonchev–Trinajstić information content (AvgIpc) is 0.738. The van der Waals surface area contributed by atoms with Crippen molar-refractivity contribution in [2.75, 3.05) is 79.6 Å². The number of hydrogen-bond acceptors (Lipinski definition) is 17. The molecule has 0 spiro atoms. The van der Waals surface area contributed by atoms with E-state index in [9.17, 15) is 19.2 Å². The van der Waals surface area contributed by atoms with E-state index in [0.717, 1.165) is 55.2 Å². The van der Waals surface area contributed by atoms with Crippen LogP contribution in [0, 0.1) is 0 Å². The summed E-state index contributed by atoms with van der Waals surface area (Å²) in [6, 6.07) is 47.7. The van der Waals surface area contributed by atoms with Gasteiger partial charge in [-0.05, 0) is 73.5 Å². The topological polar surface area (TPSA) is 176 Å². The lowest BCUT2D eigenvalue weighted by Gasteiger charge is -2.37. The Morgan fingerprint density at radius 2 is 0.806 bits per heavy atom. The molecule has 10 rings (SSSR count). The van der Waals surface area contributed by atoms with Gasteiger partial charge in [-0.25, -0.2) is 0 Å². The summed E-state index contributed by atoms with van der Waals surface area (Å²) in [5.41, 5.74) is 6.42. The third-order valence-electron chi connectivity index (χ3n) is 16.9. The minimum absolute atomic E-state index is 0.0211. The standard InChI is InChI=1S/C76H80N2O15/c1-11-57(90-71(81)33-31-69(79)88-45-49-39-63-65(41-59(83-7)43-67(63)85-9)73-61(49)35-37-75(92-73,51-19-15-13-16-20-51)53-23-27-55(28-24-53)77(3)4)47-87-48-58(12-2)91-72(82)34-32-70(80)89-46-50-40-64-66(42-60(84-8)44-68(64)86-10)74-62(50)36-38-76(93-74,52-21-17-14-18-22-52)54-25-29-56(30-26-54)78(5)6/h13-30,35-44,57-58H,11-12,31-34,45-48H2,1-10H3. The summed E-state index contributed by atoms with van der Waals surface area (Å²) in [7, 11) is 14.3. The fraction of sp³-hybridized carbons (Fsp3) is 0.316. The van der Waals surface area contributed by atoms with E-state index in [1.165, 1.54) is 0 Å². The molecule has 484 valence electrons. The van der Waals surface area contributed by atoms with Gasteiger partial charge in [-0.15, -0.1) is 0 Å². The number of esters is 4. The molecule has 0 fully saturated rings. The maximum Gasteiger partial charge on any atom is 0.306 e. The van der Waals surface area contributed by atoms with Crippen LogP contribution in [0.4, 0.5) is 11.4 Å². The van der Waals surface area contributed by atoms with Crippen molar-refractivity contribution >= 4 is 68.9 Å². The van der Waals surface area contributed by atoms with Gasteiger partial charge in [0.15, 0.2) is 11.2 Å². The van der Waals surface area contributed by atoms with Gasteiger partial charge in [0.05, 0.1) is 67.3 Å². The molecule has 4 unspecified atom stereocenters. The molecule has 0 aliphatic carbocycles. The SMILES string of the molecule is CCC(COCC(CC)OC(=O)CCC(=O)OCc1cc2c(OC)cc(OC)cc2c2c1C=CC(c1ccccc1)(c1ccc(N(C)C)cc1)O2)OC(=O)CCC(=O)OCc1cc2c(OC)cc(OC)cc2c2c1C=CC(c1ccccc1)(c1ccc(N(C)C)cc1)O2. The molecular formula is C76H80N2O15. The molecule has 0 saturated carbocycles. The number of fused-ring (bicyclic) bond motifs is 6. The molecule has 0 bridgehead atoms. The van der Waals surface area contributed by atoms with Crippen LogP contribution in [0.3, 0.4) is 0 Å². The molecule has 0 radical (unpaired) electrons. The Labute approximate surface area is 543 Å². The van der Waals surface area contributed by atoms with E-state index in [-0.39, 0.29) is 52.1 Å². The van der Waals surface area contributed by atoms with Crippen LogP contribution in [0.25, 0.3) is 33.7 Å². The van der Waals surface area contributed by atoms with Crippen molar-refractivity contribution in [3.05, 3.63) is 202 Å². The van der Waals surface area contributed by atoms with E-state index in [1.807, 2.05) is 161 Å². The van der Waals surface area contributed by atoms with E-state index in [2.05, 4.69) is 48.5 Å². The van der Waals surface area contributed by atoms with Crippen molar-refractivity contribution in [3.8, 4) is 34.5 Å². The van der Waals surface area contributed by atoms with Crippen molar-refractivity contribution < 1.29 is 71.3 Å². The van der Waals surface area contributed by atoms with Crippen LogP contribution >= 0.6 is 0 Å². The first-order valence-corrected chi connectivity index (χ1v) is 31.2. The summed E-state index contributed by atoms with van der Waals surface area (Å²) in [5, 5.41) is 2.93. The Kier molecular flexibility index (Phi) is 20.9. The number of nitrogens with zero attached hydrogens (tertiary/aromatic N) is 2. The van der Waals surface area contributed by atoms with Crippen LogP contribution in [0.2, 0.25) is 0 Å². The number of rotatable bonds is 28. The molecule has 0 amide bonds. The molecule has 0 saturated heterocycles. The van der Waals surface area contributed by atoms with Crippen LogP contribution in [0.5, 0.6) is 34.5 Å². The molecule has 8 aromatic carbocycles. The molecule has 8 aromatic rings. The first-order chi connectivity index (χ1) is 45.0. The van der Waals surface area contributed by atoms with E-state index in [0.29, 0.717) is 69.6 Å². The number of methoxy groups -OCH3 is 4. The molecule has 93 heavy (non-hydrogen) atoms. The number of hydrogen-bond donors (Lipinski definition) is 0. The summed E-state index contributed by atoms with van der Waals surface area (Å²) in [5.74, 6) is 0.950. The van der Waals surface area contributed by atoms with E-state index in [1.54, 1.807) is 40.6 Å². The van der Waals surface area contributed by atoms with Crippen molar-refractivity contribution in [1.82, 2.24) is 0 Å². The van der Waals surface area contributed by atoms with E-state index >= 15 is 0 Å². The third kappa shape index (κ3) is 14.5. The van der Waals surface area contributed by atoms with Gasteiger partial charge in [0.2, 0.25) is 0 Å². The normalized spacial score (nSPS) is 15.9. The predicted molar refractivity (Wildman–Crippen MR) is 359 cm³/mol. The Hall–Kier alpha value is -10.0. The smallest absolute Gasteiger partial charge is 0.306 e. The number of anilines is 2.